The zero-order chi connectivity index (χ0) is 48.7. The van der Waals surface area contributed by atoms with Crippen molar-refractivity contribution in [1.29, 1.82) is 0 Å². The fraction of sp³-hybridized carbons (Fsp3) is 0. The van der Waals surface area contributed by atoms with Gasteiger partial charge in [0, 0.05) is 11.3 Å². The standard InChI is InChI=1S/C66H42N8/c1-6-21-43(22-7-1)51-41-52(61(45-25-10-3-11-26-45)62(46-27-12-4-13-28-46)60(51)44-23-8-2-9-24-44)47-29-20-32-50(39-47)71-57-35-18-19-36-58(57)73-59-40-48(37-38-54(59)70-65(71)73)55-42-67-63-64(68-55)72(49-30-14-5-15-31-49)66-69-53-33-16-17-34-56(53)74(63)66/h1-42H. The largest absolute Gasteiger partial charge is 0.278 e. The van der Waals surface area contributed by atoms with Crippen LogP contribution in [0, 0.1) is 0 Å². The number of hydrogen-bond acceptors (Lipinski definition) is 4. The van der Waals surface area contributed by atoms with Crippen molar-refractivity contribution in [2.24, 2.45) is 0 Å². The molecule has 8 heteroatoms. The predicted molar refractivity (Wildman–Crippen MR) is 301 cm³/mol. The molecule has 0 aliphatic heterocycles. The van der Waals surface area contributed by atoms with Gasteiger partial charge >= 0.3 is 0 Å². The van der Waals surface area contributed by atoms with Gasteiger partial charge in [-0.1, -0.05) is 182 Å². The molecule has 10 aromatic carbocycles. The van der Waals surface area contributed by atoms with Gasteiger partial charge in [0.15, 0.2) is 11.3 Å². The first-order valence-corrected chi connectivity index (χ1v) is 24.9. The van der Waals surface area contributed by atoms with Crippen LogP contribution in [0.5, 0.6) is 0 Å². The molecule has 0 aliphatic rings. The molecule has 346 valence electrons. The van der Waals surface area contributed by atoms with Gasteiger partial charge in [-0.3, -0.25) is 17.9 Å². The first kappa shape index (κ1) is 41.6. The second-order valence-electron chi connectivity index (χ2n) is 18.7. The lowest BCUT2D eigenvalue weighted by Crippen LogP contribution is -1.99. The van der Waals surface area contributed by atoms with Gasteiger partial charge < -0.3 is 0 Å². The molecule has 0 atom stereocenters. The Balaban J connectivity index is 0.937. The second-order valence-corrected chi connectivity index (χ2v) is 18.7. The van der Waals surface area contributed by atoms with Gasteiger partial charge in [0.25, 0.3) is 0 Å². The fourth-order valence-corrected chi connectivity index (χ4v) is 11.2. The summed E-state index contributed by atoms with van der Waals surface area (Å²) >= 11 is 0. The van der Waals surface area contributed by atoms with Gasteiger partial charge in [0.2, 0.25) is 11.6 Å². The molecule has 0 amide bonds. The van der Waals surface area contributed by atoms with E-state index < -0.39 is 0 Å². The molecule has 15 rings (SSSR count). The van der Waals surface area contributed by atoms with E-state index in [0.29, 0.717) is 0 Å². The van der Waals surface area contributed by atoms with E-state index in [4.69, 9.17) is 19.9 Å². The first-order valence-electron chi connectivity index (χ1n) is 24.9. The number of aromatic nitrogens is 8. The summed E-state index contributed by atoms with van der Waals surface area (Å²) in [6, 6.07) is 88.2. The van der Waals surface area contributed by atoms with Gasteiger partial charge in [0.05, 0.1) is 50.7 Å². The Bertz CT molecular complexity index is 4630. The van der Waals surface area contributed by atoms with Crippen molar-refractivity contribution < 1.29 is 0 Å². The molecule has 0 unspecified atom stereocenters. The first-order chi connectivity index (χ1) is 36.7. The maximum absolute atomic E-state index is 5.41. The summed E-state index contributed by atoms with van der Waals surface area (Å²) in [5, 5.41) is 0. The molecular weight excluding hydrogens is 905 g/mol. The molecule has 0 saturated carbocycles. The van der Waals surface area contributed by atoms with Crippen LogP contribution in [0.25, 0.3) is 134 Å². The summed E-state index contributed by atoms with van der Waals surface area (Å²) in [7, 11) is 0. The molecule has 74 heavy (non-hydrogen) atoms. The summed E-state index contributed by atoms with van der Waals surface area (Å²) in [6.07, 6.45) is 1.88. The van der Waals surface area contributed by atoms with Crippen LogP contribution < -0.4 is 0 Å². The Labute approximate surface area is 425 Å². The van der Waals surface area contributed by atoms with E-state index in [1.807, 2.05) is 42.6 Å². The molecule has 5 aromatic heterocycles. The van der Waals surface area contributed by atoms with E-state index in [1.165, 1.54) is 22.3 Å². The van der Waals surface area contributed by atoms with Crippen molar-refractivity contribution in [2.45, 2.75) is 0 Å². The normalized spacial score (nSPS) is 11.8. The quantitative estimate of drug-likeness (QED) is 0.152. The highest BCUT2D eigenvalue weighted by molar-refractivity contribution is 6.08. The molecule has 15 aromatic rings. The topological polar surface area (TPSA) is 70.2 Å². The monoisotopic (exact) mass is 946 g/mol. The Morgan fingerprint density at radius 2 is 0.797 bits per heavy atom. The SMILES string of the molecule is c1ccc(-c2cc(-c3cccc(-n4c5ccccc5n5c6cc(-c7cnc8c(n7)n(-c7ccccc7)c7nc9ccccc9n87)ccc6nc45)c3)c(-c3ccccc3)c(-c3ccccc3)c2-c2ccccc2)cc1. The number of nitrogens with zero attached hydrogens (tertiary/aromatic N) is 8. The van der Waals surface area contributed by atoms with Crippen molar-refractivity contribution >= 4 is 55.9 Å². The molecule has 0 bridgehead atoms. The number of rotatable bonds is 8. The average molecular weight is 947 g/mol. The van der Waals surface area contributed by atoms with Gasteiger partial charge in [-0.05, 0) is 122 Å². The third-order valence-corrected chi connectivity index (χ3v) is 14.4. The van der Waals surface area contributed by atoms with Gasteiger partial charge in [-0.15, -0.1) is 0 Å². The molecule has 0 N–H and O–H groups in total. The third-order valence-electron chi connectivity index (χ3n) is 14.4. The van der Waals surface area contributed by atoms with Gasteiger partial charge in [-0.25, -0.2) is 19.9 Å². The number of imidazole rings is 4. The van der Waals surface area contributed by atoms with Crippen molar-refractivity contribution in [3.8, 4) is 78.3 Å². The van der Waals surface area contributed by atoms with Crippen LogP contribution in [-0.2, 0) is 0 Å². The van der Waals surface area contributed by atoms with Crippen molar-refractivity contribution in [1.82, 2.24) is 37.9 Å². The Morgan fingerprint density at radius 3 is 1.47 bits per heavy atom. The van der Waals surface area contributed by atoms with Crippen molar-refractivity contribution in [3.05, 3.63) is 255 Å². The highest BCUT2D eigenvalue weighted by atomic mass is 15.3. The predicted octanol–water partition coefficient (Wildman–Crippen LogP) is 16.0. The molecule has 0 spiro atoms. The summed E-state index contributed by atoms with van der Waals surface area (Å²) < 4.78 is 8.79. The minimum atomic E-state index is 0.730. The van der Waals surface area contributed by atoms with E-state index in [-0.39, 0.29) is 0 Å². The minimum Gasteiger partial charge on any atom is -0.278 e. The van der Waals surface area contributed by atoms with Crippen molar-refractivity contribution in [2.75, 3.05) is 0 Å². The fourth-order valence-electron chi connectivity index (χ4n) is 11.2. The molecule has 0 radical (unpaired) electrons. The highest BCUT2D eigenvalue weighted by Gasteiger charge is 2.26. The van der Waals surface area contributed by atoms with E-state index in [1.54, 1.807) is 0 Å². The summed E-state index contributed by atoms with van der Waals surface area (Å²) in [4.78, 5) is 21.0. The van der Waals surface area contributed by atoms with E-state index in [0.717, 1.165) is 112 Å². The van der Waals surface area contributed by atoms with Crippen molar-refractivity contribution in [3.63, 3.8) is 0 Å². The Morgan fingerprint density at radius 1 is 0.284 bits per heavy atom. The molecule has 0 fully saturated rings. The Kier molecular flexibility index (Phi) is 9.40. The van der Waals surface area contributed by atoms with Crippen LogP contribution in [0.2, 0.25) is 0 Å². The number of fused-ring (bicyclic) bond motifs is 10. The summed E-state index contributed by atoms with van der Waals surface area (Å²) in [6.45, 7) is 0. The molecule has 8 nitrogen and oxygen atoms in total. The van der Waals surface area contributed by atoms with Crippen LogP contribution in [0.1, 0.15) is 0 Å². The molecule has 5 heterocycles. The maximum atomic E-state index is 5.41. The van der Waals surface area contributed by atoms with Crippen LogP contribution in [0.3, 0.4) is 0 Å². The van der Waals surface area contributed by atoms with Crippen LogP contribution in [0.4, 0.5) is 0 Å². The maximum Gasteiger partial charge on any atom is 0.223 e. The number of hydrogen-bond donors (Lipinski definition) is 0. The average Bonchev–Trinajstić information content (AvgIpc) is 4.26. The zero-order valence-corrected chi connectivity index (χ0v) is 39.8. The lowest BCUT2D eigenvalue weighted by Gasteiger charge is -2.24. The molecule has 0 saturated heterocycles. The third kappa shape index (κ3) is 6.48. The van der Waals surface area contributed by atoms with E-state index >= 15 is 0 Å². The smallest absolute Gasteiger partial charge is 0.223 e. The van der Waals surface area contributed by atoms with Crippen LogP contribution >= 0.6 is 0 Å². The van der Waals surface area contributed by atoms with Crippen LogP contribution in [0.15, 0.2) is 255 Å². The van der Waals surface area contributed by atoms with Crippen LogP contribution in [-0.4, -0.2) is 37.9 Å². The van der Waals surface area contributed by atoms with E-state index in [2.05, 4.69) is 230 Å². The number of para-hydroxylation sites is 5. The molecular formula is C66H42N8. The number of benzene rings is 10. The van der Waals surface area contributed by atoms with E-state index in [9.17, 15) is 0 Å². The lowest BCUT2D eigenvalue weighted by molar-refractivity contribution is 1.09. The minimum absolute atomic E-state index is 0.730. The van der Waals surface area contributed by atoms with Gasteiger partial charge in [-0.2, -0.15) is 0 Å². The Hall–Kier alpha value is -10.2. The summed E-state index contributed by atoms with van der Waals surface area (Å²) in [5.74, 6) is 1.59. The van der Waals surface area contributed by atoms with Gasteiger partial charge in [0.1, 0.15) is 0 Å². The lowest BCUT2D eigenvalue weighted by atomic mass is 9.79. The zero-order valence-electron chi connectivity index (χ0n) is 39.8. The summed E-state index contributed by atoms with van der Waals surface area (Å²) in [5.41, 5.74) is 22.6. The second kappa shape index (κ2) is 16.7. The highest BCUT2D eigenvalue weighted by Crippen LogP contribution is 2.50. The molecule has 0 aliphatic carbocycles.